The lowest BCUT2D eigenvalue weighted by Gasteiger charge is -2.18. The molecule has 1 N–H and O–H groups in total. The molecule has 1 heterocycles. The van der Waals surface area contributed by atoms with Crippen LogP contribution >= 0.6 is 0 Å². The molecule has 0 amide bonds. The van der Waals surface area contributed by atoms with Crippen LogP contribution in [-0.4, -0.2) is 30.8 Å². The minimum atomic E-state index is -0.480. The van der Waals surface area contributed by atoms with E-state index in [1.165, 1.54) is 0 Å². The lowest BCUT2D eigenvalue weighted by atomic mass is 9.84. The van der Waals surface area contributed by atoms with Gasteiger partial charge in [0.1, 0.15) is 0 Å². The zero-order chi connectivity index (χ0) is 18.4. The van der Waals surface area contributed by atoms with Crippen LogP contribution in [0.2, 0.25) is 0 Å². The third kappa shape index (κ3) is 2.17. The van der Waals surface area contributed by atoms with Crippen molar-refractivity contribution in [3.05, 3.63) is 64.9 Å². The molecule has 0 aliphatic heterocycles. The van der Waals surface area contributed by atoms with Gasteiger partial charge in [-0.05, 0) is 30.7 Å². The molecular weight excluding hydrogens is 330 g/mol. The van der Waals surface area contributed by atoms with Gasteiger partial charge in [-0.25, -0.2) is 0 Å². The highest BCUT2D eigenvalue weighted by Crippen LogP contribution is 2.40. The van der Waals surface area contributed by atoms with E-state index in [2.05, 4.69) is 4.98 Å². The van der Waals surface area contributed by atoms with Crippen LogP contribution in [0.3, 0.4) is 0 Å². The molecule has 0 radical (unpaired) electrons. The molecule has 0 saturated heterocycles. The Morgan fingerprint density at radius 2 is 1.62 bits per heavy atom. The number of ketones is 2. The van der Waals surface area contributed by atoms with Crippen LogP contribution in [0.4, 0.5) is 0 Å². The summed E-state index contributed by atoms with van der Waals surface area (Å²) in [5.41, 5.74) is 3.84. The van der Waals surface area contributed by atoms with Gasteiger partial charge >= 0.3 is 0 Å². The van der Waals surface area contributed by atoms with Crippen molar-refractivity contribution in [2.75, 3.05) is 14.2 Å². The fourth-order valence-corrected chi connectivity index (χ4v) is 3.50. The van der Waals surface area contributed by atoms with Crippen molar-refractivity contribution in [2.24, 2.45) is 0 Å². The second-order valence-corrected chi connectivity index (χ2v) is 6.15. The molecule has 3 aromatic rings. The number of aromatic amines is 1. The van der Waals surface area contributed by atoms with Gasteiger partial charge in [-0.2, -0.15) is 0 Å². The number of nitrogens with one attached hydrogen (secondary N) is 1. The Balaban J connectivity index is 2.02. The maximum absolute atomic E-state index is 12.7. The van der Waals surface area contributed by atoms with Crippen LogP contribution < -0.4 is 9.47 Å². The van der Waals surface area contributed by atoms with Crippen LogP contribution in [0.5, 0.6) is 11.5 Å². The van der Waals surface area contributed by atoms with Crippen molar-refractivity contribution < 1.29 is 19.1 Å². The highest BCUT2D eigenvalue weighted by Gasteiger charge is 2.34. The Hall–Kier alpha value is -3.34. The number of Topliss-reactive ketones (excluding diaryl/α,β-unsaturated/α-hetero) is 2. The molecule has 0 bridgehead atoms. The fourth-order valence-electron chi connectivity index (χ4n) is 3.50. The average Bonchev–Trinajstić information content (AvgIpc) is 3.05. The van der Waals surface area contributed by atoms with Crippen LogP contribution in [0.25, 0.3) is 16.5 Å². The molecule has 130 valence electrons. The maximum atomic E-state index is 12.7. The predicted molar refractivity (Wildman–Crippen MR) is 98.9 cm³/mol. The number of allylic oxidation sites excluding steroid dienone is 1. The second kappa shape index (κ2) is 5.88. The van der Waals surface area contributed by atoms with E-state index >= 15 is 0 Å². The standard InChI is InChI=1S/C21H17NO4/c1-11-17(12-8-9-15(25-2)16(10-12)26-3)19-18(21(24)20(11)23)13-6-4-5-7-14(13)22-19/h4-10,22H,1-3H3. The van der Waals surface area contributed by atoms with Crippen LogP contribution in [0.1, 0.15) is 28.5 Å². The minimum Gasteiger partial charge on any atom is -0.493 e. The third-order valence-corrected chi connectivity index (χ3v) is 4.78. The third-order valence-electron chi connectivity index (χ3n) is 4.78. The Bertz CT molecular complexity index is 1100. The SMILES string of the molecule is COc1ccc(C2=C(C)C(=O)C(=O)c3c2[nH]c2ccccc32)cc1OC. The number of methoxy groups -OCH3 is 2. The number of rotatable bonds is 3. The zero-order valence-electron chi connectivity index (χ0n) is 14.7. The molecule has 0 saturated carbocycles. The molecule has 2 aromatic carbocycles. The number of para-hydroxylation sites is 1. The highest BCUT2D eigenvalue weighted by atomic mass is 16.5. The summed E-state index contributed by atoms with van der Waals surface area (Å²) in [6.45, 7) is 1.68. The van der Waals surface area contributed by atoms with E-state index in [1.807, 2.05) is 36.4 Å². The van der Waals surface area contributed by atoms with Gasteiger partial charge in [0.05, 0.1) is 25.5 Å². The largest absolute Gasteiger partial charge is 0.493 e. The van der Waals surface area contributed by atoms with E-state index in [0.717, 1.165) is 16.5 Å². The number of carbonyl (C=O) groups excluding carboxylic acids is 2. The molecule has 4 rings (SSSR count). The molecule has 5 nitrogen and oxygen atoms in total. The van der Waals surface area contributed by atoms with E-state index in [0.29, 0.717) is 33.9 Å². The normalized spacial score (nSPS) is 14.0. The van der Waals surface area contributed by atoms with Crippen LogP contribution in [0.15, 0.2) is 48.0 Å². The minimum absolute atomic E-state index is 0.418. The van der Waals surface area contributed by atoms with Crippen LogP contribution in [-0.2, 0) is 4.79 Å². The van der Waals surface area contributed by atoms with E-state index in [4.69, 9.17) is 9.47 Å². The van der Waals surface area contributed by atoms with E-state index < -0.39 is 11.6 Å². The molecular formula is C21H17NO4. The molecule has 0 unspecified atom stereocenters. The first-order chi connectivity index (χ1) is 12.6. The van der Waals surface area contributed by atoms with Gasteiger partial charge < -0.3 is 14.5 Å². The lowest BCUT2D eigenvalue weighted by molar-refractivity contribution is -0.111. The van der Waals surface area contributed by atoms with Gasteiger partial charge in [0, 0.05) is 22.0 Å². The summed E-state index contributed by atoms with van der Waals surface area (Å²) in [6, 6.07) is 13.0. The highest BCUT2D eigenvalue weighted by molar-refractivity contribution is 6.54. The number of carbonyl (C=O) groups is 2. The van der Waals surface area contributed by atoms with Gasteiger partial charge in [0.2, 0.25) is 11.6 Å². The molecule has 1 aliphatic carbocycles. The van der Waals surface area contributed by atoms with Gasteiger partial charge in [0.15, 0.2) is 11.5 Å². The number of fused-ring (bicyclic) bond motifs is 3. The fraction of sp³-hybridized carbons (Fsp3) is 0.143. The molecule has 0 atom stereocenters. The van der Waals surface area contributed by atoms with E-state index in [-0.39, 0.29) is 0 Å². The average molecular weight is 347 g/mol. The lowest BCUT2D eigenvalue weighted by Crippen LogP contribution is -2.22. The summed E-state index contributed by atoms with van der Waals surface area (Å²) in [6.07, 6.45) is 0. The molecule has 5 heteroatoms. The monoisotopic (exact) mass is 347 g/mol. The summed E-state index contributed by atoms with van der Waals surface area (Å²) in [7, 11) is 3.13. The van der Waals surface area contributed by atoms with Crippen LogP contribution in [0, 0.1) is 0 Å². The second-order valence-electron chi connectivity index (χ2n) is 6.15. The van der Waals surface area contributed by atoms with E-state index in [9.17, 15) is 9.59 Å². The zero-order valence-corrected chi connectivity index (χ0v) is 14.7. The molecule has 1 aliphatic rings. The quantitative estimate of drug-likeness (QED) is 0.732. The van der Waals surface area contributed by atoms with Gasteiger partial charge in [0.25, 0.3) is 0 Å². The number of hydrogen-bond acceptors (Lipinski definition) is 4. The molecule has 0 fully saturated rings. The van der Waals surface area contributed by atoms with Gasteiger partial charge in [-0.3, -0.25) is 9.59 Å². The van der Waals surface area contributed by atoms with Crippen molar-refractivity contribution in [3.8, 4) is 11.5 Å². The van der Waals surface area contributed by atoms with Gasteiger partial charge in [-0.15, -0.1) is 0 Å². The summed E-state index contributed by atoms with van der Waals surface area (Å²) < 4.78 is 10.7. The number of ether oxygens (including phenoxy) is 2. The summed E-state index contributed by atoms with van der Waals surface area (Å²) in [5.74, 6) is 0.211. The molecule has 1 aromatic heterocycles. The predicted octanol–water partition coefficient (Wildman–Crippen LogP) is 3.77. The van der Waals surface area contributed by atoms with Crippen molar-refractivity contribution in [3.63, 3.8) is 0 Å². The number of benzene rings is 2. The first-order valence-electron chi connectivity index (χ1n) is 8.20. The van der Waals surface area contributed by atoms with Gasteiger partial charge in [-0.1, -0.05) is 24.3 Å². The summed E-state index contributed by atoms with van der Waals surface area (Å²) >= 11 is 0. The first-order valence-corrected chi connectivity index (χ1v) is 8.20. The molecule has 0 spiro atoms. The first kappa shape index (κ1) is 16.1. The number of hydrogen-bond donors (Lipinski definition) is 1. The maximum Gasteiger partial charge on any atom is 0.235 e. The summed E-state index contributed by atoms with van der Waals surface area (Å²) in [5, 5.41) is 0.756. The van der Waals surface area contributed by atoms with Crippen molar-refractivity contribution in [2.45, 2.75) is 6.92 Å². The van der Waals surface area contributed by atoms with E-state index in [1.54, 1.807) is 27.2 Å². The topological polar surface area (TPSA) is 68.4 Å². The Morgan fingerprint density at radius 1 is 0.885 bits per heavy atom. The Morgan fingerprint density at radius 3 is 2.35 bits per heavy atom. The molecule has 26 heavy (non-hydrogen) atoms. The summed E-state index contributed by atoms with van der Waals surface area (Å²) in [4.78, 5) is 28.6. The van der Waals surface area contributed by atoms with Crippen molar-refractivity contribution >= 4 is 28.0 Å². The number of H-pyrrole nitrogens is 1. The Kier molecular flexibility index (Phi) is 3.65. The smallest absolute Gasteiger partial charge is 0.235 e. The Labute approximate surface area is 150 Å². The van der Waals surface area contributed by atoms with Crippen molar-refractivity contribution in [1.29, 1.82) is 0 Å². The number of aromatic nitrogens is 1. The van der Waals surface area contributed by atoms with Crippen molar-refractivity contribution in [1.82, 2.24) is 4.98 Å².